The molecule has 4 heteroatoms. The lowest BCUT2D eigenvalue weighted by atomic mass is 10.2. The first-order valence-electron chi connectivity index (χ1n) is 6.78. The van der Waals surface area contributed by atoms with E-state index < -0.39 is 8.07 Å². The normalized spacial score (nSPS) is 11.8. The number of hydrogen-bond donors (Lipinski definition) is 0. The average molecular weight is 282 g/mol. The van der Waals surface area contributed by atoms with Crippen LogP contribution in [0.3, 0.4) is 0 Å². The minimum Gasteiger partial charge on any atom is -0.382 e. The van der Waals surface area contributed by atoms with Crippen LogP contribution in [0, 0.1) is 0 Å². The molecule has 108 valence electrons. The molecule has 3 nitrogen and oxygen atoms in total. The van der Waals surface area contributed by atoms with E-state index in [9.17, 15) is 0 Å². The number of rotatable bonds is 9. The molecule has 19 heavy (non-hydrogen) atoms. The molecule has 0 radical (unpaired) electrons. The molecule has 0 aliphatic carbocycles. The smallest absolute Gasteiger partial charge is 0.0780 e. The molecule has 0 aromatic heterocycles. The van der Waals surface area contributed by atoms with Gasteiger partial charge in [0.1, 0.15) is 0 Å². The molecule has 1 aromatic carbocycles. The maximum absolute atomic E-state index is 5.69. The van der Waals surface area contributed by atoms with Gasteiger partial charge in [-0.2, -0.15) is 0 Å². The molecule has 0 saturated carbocycles. The largest absolute Gasteiger partial charge is 0.382 e. The van der Waals surface area contributed by atoms with Gasteiger partial charge in [-0.3, -0.25) is 0 Å². The molecule has 0 amide bonds. The van der Waals surface area contributed by atoms with Gasteiger partial charge in [0.05, 0.1) is 41.1 Å². The van der Waals surface area contributed by atoms with Crippen molar-refractivity contribution in [2.75, 3.05) is 33.5 Å². The second-order valence-electron chi connectivity index (χ2n) is 5.56. The van der Waals surface area contributed by atoms with Crippen LogP contribution in [0.15, 0.2) is 24.3 Å². The zero-order chi connectivity index (χ0) is 14.1. The molecule has 1 aromatic rings. The van der Waals surface area contributed by atoms with E-state index in [-0.39, 0.29) is 0 Å². The number of ether oxygens (including phenoxy) is 3. The second-order valence-corrected chi connectivity index (χ2v) is 10.6. The lowest BCUT2D eigenvalue weighted by Gasteiger charge is -2.20. The van der Waals surface area contributed by atoms with E-state index in [2.05, 4.69) is 43.9 Å². The van der Waals surface area contributed by atoms with Crippen LogP contribution in [0.5, 0.6) is 0 Å². The summed E-state index contributed by atoms with van der Waals surface area (Å²) in [4.78, 5) is 0. The van der Waals surface area contributed by atoms with Crippen LogP contribution in [0.4, 0.5) is 0 Å². The zero-order valence-corrected chi connectivity index (χ0v) is 13.6. The van der Waals surface area contributed by atoms with E-state index in [0.717, 1.165) is 0 Å². The van der Waals surface area contributed by atoms with Gasteiger partial charge in [-0.05, 0) is 5.56 Å². The molecule has 0 heterocycles. The predicted molar refractivity (Wildman–Crippen MR) is 81.8 cm³/mol. The third-order valence-corrected chi connectivity index (χ3v) is 4.99. The van der Waals surface area contributed by atoms with Gasteiger partial charge in [-0.1, -0.05) is 49.1 Å². The summed E-state index contributed by atoms with van der Waals surface area (Å²) in [5.74, 6) is 0. The Morgan fingerprint density at radius 2 is 1.53 bits per heavy atom. The number of hydrogen-bond acceptors (Lipinski definition) is 3. The Morgan fingerprint density at radius 1 is 0.895 bits per heavy atom. The SMILES string of the molecule is COCCOCCOCc1ccccc1[Si](C)(C)C. The van der Waals surface area contributed by atoms with Gasteiger partial charge in [0.15, 0.2) is 0 Å². The standard InChI is InChI=1S/C15H26O3Si/c1-16-9-10-17-11-12-18-13-14-7-5-6-8-15(14)19(2,3)4/h5-8H,9-13H2,1-4H3. The molecule has 0 fully saturated rings. The van der Waals surface area contributed by atoms with Crippen LogP contribution in [0.2, 0.25) is 19.6 Å². The monoisotopic (exact) mass is 282 g/mol. The van der Waals surface area contributed by atoms with Gasteiger partial charge in [0.25, 0.3) is 0 Å². The molecule has 0 saturated heterocycles. The zero-order valence-electron chi connectivity index (χ0n) is 12.6. The fourth-order valence-electron chi connectivity index (χ4n) is 1.92. The highest BCUT2D eigenvalue weighted by Crippen LogP contribution is 2.08. The van der Waals surface area contributed by atoms with Crippen LogP contribution in [0.1, 0.15) is 5.56 Å². The van der Waals surface area contributed by atoms with Crippen molar-refractivity contribution in [2.45, 2.75) is 26.2 Å². The first-order valence-corrected chi connectivity index (χ1v) is 10.3. The van der Waals surface area contributed by atoms with Gasteiger partial charge < -0.3 is 14.2 Å². The fourth-order valence-corrected chi connectivity index (χ4v) is 3.64. The molecule has 0 unspecified atom stereocenters. The molecule has 0 aliphatic heterocycles. The van der Waals surface area contributed by atoms with Crippen molar-refractivity contribution in [3.05, 3.63) is 29.8 Å². The van der Waals surface area contributed by atoms with Crippen LogP contribution in [-0.4, -0.2) is 41.6 Å². The summed E-state index contributed by atoms with van der Waals surface area (Å²) in [6.45, 7) is 10.3. The summed E-state index contributed by atoms with van der Waals surface area (Å²) < 4.78 is 16.0. The van der Waals surface area contributed by atoms with Crippen molar-refractivity contribution in [1.29, 1.82) is 0 Å². The van der Waals surface area contributed by atoms with E-state index in [1.165, 1.54) is 10.8 Å². The minimum atomic E-state index is -1.29. The molecule has 0 N–H and O–H groups in total. The second kappa shape index (κ2) is 8.48. The summed E-state index contributed by atoms with van der Waals surface area (Å²) in [5, 5.41) is 1.48. The fraction of sp³-hybridized carbons (Fsp3) is 0.600. The molecule has 0 aliphatic rings. The van der Waals surface area contributed by atoms with Gasteiger partial charge in [-0.25, -0.2) is 0 Å². The van der Waals surface area contributed by atoms with Crippen molar-refractivity contribution in [3.8, 4) is 0 Å². The molecular formula is C15H26O3Si. The van der Waals surface area contributed by atoms with Crippen molar-refractivity contribution < 1.29 is 14.2 Å². The Labute approximate surface area is 117 Å². The minimum absolute atomic E-state index is 0.623. The van der Waals surface area contributed by atoms with E-state index in [1.54, 1.807) is 7.11 Å². The van der Waals surface area contributed by atoms with Gasteiger partial charge in [0.2, 0.25) is 0 Å². The summed E-state index contributed by atoms with van der Waals surface area (Å²) in [5.41, 5.74) is 1.32. The third-order valence-electron chi connectivity index (χ3n) is 2.89. The number of benzene rings is 1. The molecule has 0 atom stereocenters. The highest BCUT2D eigenvalue weighted by molar-refractivity contribution is 6.89. The van der Waals surface area contributed by atoms with Crippen molar-refractivity contribution >= 4 is 13.3 Å². The van der Waals surface area contributed by atoms with Gasteiger partial charge in [0, 0.05) is 7.11 Å². The van der Waals surface area contributed by atoms with Crippen LogP contribution >= 0.6 is 0 Å². The van der Waals surface area contributed by atoms with Crippen molar-refractivity contribution in [2.24, 2.45) is 0 Å². The Bertz CT molecular complexity index is 361. The first kappa shape index (κ1) is 16.4. The van der Waals surface area contributed by atoms with Gasteiger partial charge in [-0.15, -0.1) is 0 Å². The van der Waals surface area contributed by atoms with E-state index in [1.807, 2.05) is 0 Å². The maximum Gasteiger partial charge on any atom is 0.0780 e. The summed E-state index contributed by atoms with van der Waals surface area (Å²) in [6.07, 6.45) is 0. The first-order chi connectivity index (χ1) is 9.05. The Balaban J connectivity index is 2.33. The van der Waals surface area contributed by atoms with E-state index >= 15 is 0 Å². The maximum atomic E-state index is 5.69. The van der Waals surface area contributed by atoms with Crippen LogP contribution in [0.25, 0.3) is 0 Å². The van der Waals surface area contributed by atoms with Crippen molar-refractivity contribution in [3.63, 3.8) is 0 Å². The predicted octanol–water partition coefficient (Wildman–Crippen LogP) is 2.41. The van der Waals surface area contributed by atoms with Gasteiger partial charge >= 0.3 is 0 Å². The summed E-state index contributed by atoms with van der Waals surface area (Å²) in [7, 11) is 0.382. The highest BCUT2D eigenvalue weighted by atomic mass is 28.3. The average Bonchev–Trinajstić information content (AvgIpc) is 2.37. The van der Waals surface area contributed by atoms with E-state index in [4.69, 9.17) is 14.2 Å². The Hall–Kier alpha value is -0.683. The molecule has 0 spiro atoms. The summed E-state index contributed by atoms with van der Waals surface area (Å²) in [6, 6.07) is 8.60. The third kappa shape index (κ3) is 6.34. The van der Waals surface area contributed by atoms with Crippen LogP contribution in [-0.2, 0) is 20.8 Å². The summed E-state index contributed by atoms with van der Waals surface area (Å²) >= 11 is 0. The number of methoxy groups -OCH3 is 1. The van der Waals surface area contributed by atoms with Crippen LogP contribution < -0.4 is 5.19 Å². The Kier molecular flexibility index (Phi) is 7.31. The lowest BCUT2D eigenvalue weighted by molar-refractivity contribution is 0.0201. The lowest BCUT2D eigenvalue weighted by Crippen LogP contribution is -2.40. The van der Waals surface area contributed by atoms with Crippen molar-refractivity contribution in [1.82, 2.24) is 0 Å². The Morgan fingerprint density at radius 3 is 2.21 bits per heavy atom. The highest BCUT2D eigenvalue weighted by Gasteiger charge is 2.19. The van der Waals surface area contributed by atoms with E-state index in [0.29, 0.717) is 33.0 Å². The quantitative estimate of drug-likeness (QED) is 0.514. The molecule has 1 rings (SSSR count). The topological polar surface area (TPSA) is 27.7 Å². The molecular weight excluding hydrogens is 256 g/mol. The molecule has 0 bridgehead atoms.